The van der Waals surface area contributed by atoms with Gasteiger partial charge in [0.1, 0.15) is 5.75 Å². The van der Waals surface area contributed by atoms with E-state index >= 15 is 0 Å². The summed E-state index contributed by atoms with van der Waals surface area (Å²) in [6.45, 7) is 1.54. The van der Waals surface area contributed by atoms with E-state index in [0.717, 1.165) is 24.2 Å². The number of oxazole rings is 1. The van der Waals surface area contributed by atoms with Crippen LogP contribution < -0.4 is 10.5 Å². The number of H-pyrrole nitrogens is 1. The molecule has 0 radical (unpaired) electrons. The predicted octanol–water partition coefficient (Wildman–Crippen LogP) is 2.95. The maximum absolute atomic E-state index is 13.4. The van der Waals surface area contributed by atoms with Crippen LogP contribution >= 0.6 is 0 Å². The predicted molar refractivity (Wildman–Crippen MR) is 104 cm³/mol. The molecule has 0 saturated carbocycles. The molecule has 0 spiro atoms. The Kier molecular flexibility index (Phi) is 5.16. The number of fused-ring (bicyclic) bond motifs is 1. The van der Waals surface area contributed by atoms with E-state index in [4.69, 9.17) is 13.9 Å². The molecular weight excluding hydrogens is 360 g/mol. The number of ether oxygens (including phenoxy) is 2. The summed E-state index contributed by atoms with van der Waals surface area (Å²) in [7, 11) is 1.61. The third-order valence-electron chi connectivity index (χ3n) is 4.97. The molecule has 1 aliphatic rings. The van der Waals surface area contributed by atoms with Gasteiger partial charge in [-0.25, -0.2) is 4.79 Å². The number of benzene rings is 2. The first-order chi connectivity index (χ1) is 13.7. The molecule has 28 heavy (non-hydrogen) atoms. The first-order valence-electron chi connectivity index (χ1n) is 9.30. The van der Waals surface area contributed by atoms with Crippen molar-refractivity contribution in [2.45, 2.75) is 25.5 Å². The van der Waals surface area contributed by atoms with Crippen LogP contribution in [0.25, 0.3) is 11.1 Å². The molecule has 0 aliphatic carbocycles. The molecule has 1 aliphatic heterocycles. The molecule has 2 aromatic carbocycles. The smallest absolute Gasteiger partial charge is 0.417 e. The zero-order valence-corrected chi connectivity index (χ0v) is 15.6. The number of amides is 1. The van der Waals surface area contributed by atoms with Crippen molar-refractivity contribution >= 4 is 17.0 Å². The highest BCUT2D eigenvalue weighted by atomic mass is 16.5. The number of carbonyl (C=O) groups is 1. The Morgan fingerprint density at radius 3 is 2.89 bits per heavy atom. The first-order valence-corrected chi connectivity index (χ1v) is 9.30. The van der Waals surface area contributed by atoms with E-state index in [2.05, 4.69) is 4.98 Å². The molecule has 4 rings (SSSR count). The van der Waals surface area contributed by atoms with Gasteiger partial charge in [-0.3, -0.25) is 9.78 Å². The van der Waals surface area contributed by atoms with Gasteiger partial charge in [0.25, 0.3) is 5.91 Å². The lowest BCUT2D eigenvalue weighted by atomic mass is 10.1. The van der Waals surface area contributed by atoms with Crippen molar-refractivity contribution in [1.29, 1.82) is 0 Å². The van der Waals surface area contributed by atoms with Gasteiger partial charge < -0.3 is 18.8 Å². The van der Waals surface area contributed by atoms with E-state index < -0.39 is 5.76 Å². The van der Waals surface area contributed by atoms with Gasteiger partial charge in [-0.1, -0.05) is 24.3 Å². The molecule has 1 amide bonds. The monoisotopic (exact) mass is 382 g/mol. The van der Waals surface area contributed by atoms with E-state index in [1.54, 1.807) is 30.2 Å². The van der Waals surface area contributed by atoms with Crippen molar-refractivity contribution in [2.75, 3.05) is 20.3 Å². The van der Waals surface area contributed by atoms with Crippen LogP contribution in [0.3, 0.4) is 0 Å². The minimum Gasteiger partial charge on any atom is -0.496 e. The fourth-order valence-electron chi connectivity index (χ4n) is 3.60. The van der Waals surface area contributed by atoms with Crippen molar-refractivity contribution in [1.82, 2.24) is 9.88 Å². The van der Waals surface area contributed by atoms with Crippen molar-refractivity contribution in [3.8, 4) is 5.75 Å². The number of aromatic nitrogens is 1. The maximum atomic E-state index is 13.4. The largest absolute Gasteiger partial charge is 0.496 e. The van der Waals surface area contributed by atoms with Crippen LogP contribution in [-0.2, 0) is 11.3 Å². The quantitative estimate of drug-likeness (QED) is 0.709. The summed E-state index contributed by atoms with van der Waals surface area (Å²) < 4.78 is 16.4. The van der Waals surface area contributed by atoms with Crippen LogP contribution in [-0.4, -0.2) is 42.2 Å². The van der Waals surface area contributed by atoms with Gasteiger partial charge in [-0.15, -0.1) is 0 Å². The van der Waals surface area contributed by atoms with Crippen molar-refractivity contribution < 1.29 is 18.7 Å². The van der Waals surface area contributed by atoms with Gasteiger partial charge in [0.2, 0.25) is 0 Å². The average Bonchev–Trinajstić information content (AvgIpc) is 3.35. The summed E-state index contributed by atoms with van der Waals surface area (Å²) in [5, 5.41) is 0. The van der Waals surface area contributed by atoms with Gasteiger partial charge >= 0.3 is 5.76 Å². The summed E-state index contributed by atoms with van der Waals surface area (Å²) in [6, 6.07) is 12.7. The number of rotatable bonds is 6. The third kappa shape index (κ3) is 3.66. The highest BCUT2D eigenvalue weighted by Crippen LogP contribution is 2.24. The van der Waals surface area contributed by atoms with E-state index in [9.17, 15) is 9.59 Å². The number of methoxy groups -OCH3 is 1. The van der Waals surface area contributed by atoms with Crippen LogP contribution in [0.5, 0.6) is 5.75 Å². The Morgan fingerprint density at radius 2 is 2.11 bits per heavy atom. The highest BCUT2D eigenvalue weighted by Gasteiger charge is 2.26. The van der Waals surface area contributed by atoms with Gasteiger partial charge in [-0.2, -0.15) is 0 Å². The molecule has 3 aromatic rings. The van der Waals surface area contributed by atoms with Crippen LogP contribution in [0.4, 0.5) is 0 Å². The second-order valence-corrected chi connectivity index (χ2v) is 6.83. The second-order valence-electron chi connectivity index (χ2n) is 6.83. The normalized spacial score (nSPS) is 16.4. The number of hydrogen-bond donors (Lipinski definition) is 1. The molecule has 7 nitrogen and oxygen atoms in total. The van der Waals surface area contributed by atoms with Gasteiger partial charge in [0, 0.05) is 25.3 Å². The summed E-state index contributed by atoms with van der Waals surface area (Å²) in [4.78, 5) is 29.3. The van der Waals surface area contributed by atoms with Crippen molar-refractivity contribution in [3.05, 3.63) is 64.1 Å². The number of carbonyl (C=O) groups excluding carboxylic acids is 1. The van der Waals surface area contributed by atoms with E-state index in [0.29, 0.717) is 30.8 Å². The Hall–Kier alpha value is -3.06. The zero-order valence-electron chi connectivity index (χ0n) is 15.6. The van der Waals surface area contributed by atoms with E-state index in [1.807, 2.05) is 24.3 Å². The lowest BCUT2D eigenvalue weighted by Crippen LogP contribution is -2.37. The fraction of sp³-hybridized carbons (Fsp3) is 0.333. The van der Waals surface area contributed by atoms with Crippen LogP contribution in [0, 0.1) is 0 Å². The van der Waals surface area contributed by atoms with Gasteiger partial charge in [-0.05, 0) is 31.0 Å². The second kappa shape index (κ2) is 7.90. The number of aromatic amines is 1. The number of nitrogens with one attached hydrogen (secondary N) is 1. The molecule has 1 fully saturated rings. The lowest BCUT2D eigenvalue weighted by molar-refractivity contribution is 0.0506. The summed E-state index contributed by atoms with van der Waals surface area (Å²) >= 11 is 0. The summed E-state index contributed by atoms with van der Waals surface area (Å²) in [5.74, 6) is -0.0700. The van der Waals surface area contributed by atoms with E-state index in [1.165, 1.54) is 0 Å². The minimum absolute atomic E-state index is 0.00362. The lowest BCUT2D eigenvalue weighted by Gasteiger charge is -2.26. The number of hydrogen-bond acceptors (Lipinski definition) is 5. The average molecular weight is 382 g/mol. The maximum Gasteiger partial charge on any atom is 0.417 e. The highest BCUT2D eigenvalue weighted by molar-refractivity contribution is 6.04. The Bertz CT molecular complexity index is 1030. The number of para-hydroxylation sites is 2. The van der Waals surface area contributed by atoms with E-state index in [-0.39, 0.29) is 17.6 Å². The summed E-state index contributed by atoms with van der Waals surface area (Å²) in [6.07, 6.45) is 1.90. The summed E-state index contributed by atoms with van der Waals surface area (Å²) in [5.41, 5.74) is 2.03. The van der Waals surface area contributed by atoms with Gasteiger partial charge in [0.05, 0.1) is 24.3 Å². The molecule has 1 N–H and O–H groups in total. The Balaban J connectivity index is 1.69. The van der Waals surface area contributed by atoms with Crippen LogP contribution in [0.2, 0.25) is 0 Å². The molecule has 1 atom stereocenters. The standard InChI is InChI=1S/C21H22N2O5/c1-26-18-10-3-2-6-14(18)12-23(13-15-7-5-11-27-15)20(24)16-8-4-9-17-19(16)28-21(25)22-17/h2-4,6,8-10,15H,5,7,11-13H2,1H3,(H,22,25). The number of nitrogens with zero attached hydrogens (tertiary/aromatic N) is 1. The SMILES string of the molecule is COc1ccccc1CN(CC1CCCO1)C(=O)c1cccc2[nH]c(=O)oc12. The van der Waals surface area contributed by atoms with Crippen LogP contribution in [0.15, 0.2) is 51.7 Å². The molecule has 146 valence electrons. The molecule has 2 heterocycles. The van der Waals surface area contributed by atoms with Crippen molar-refractivity contribution in [2.24, 2.45) is 0 Å². The van der Waals surface area contributed by atoms with Crippen molar-refractivity contribution in [3.63, 3.8) is 0 Å². The molecular formula is C21H22N2O5. The zero-order chi connectivity index (χ0) is 19.5. The van der Waals surface area contributed by atoms with Crippen LogP contribution in [0.1, 0.15) is 28.8 Å². The third-order valence-corrected chi connectivity index (χ3v) is 4.97. The molecule has 7 heteroatoms. The molecule has 1 aromatic heterocycles. The topological polar surface area (TPSA) is 84.8 Å². The molecule has 1 unspecified atom stereocenters. The molecule has 0 bridgehead atoms. The Morgan fingerprint density at radius 1 is 1.25 bits per heavy atom. The first kappa shape index (κ1) is 18.3. The molecule has 1 saturated heterocycles. The van der Waals surface area contributed by atoms with Gasteiger partial charge in [0.15, 0.2) is 5.58 Å². The Labute approximate surface area is 161 Å². The minimum atomic E-state index is -0.578. The fourth-order valence-corrected chi connectivity index (χ4v) is 3.60.